The van der Waals surface area contributed by atoms with E-state index in [1.165, 1.54) is 0 Å². The first-order valence-corrected chi connectivity index (χ1v) is 8.48. The first-order valence-electron chi connectivity index (χ1n) is 8.48. The van der Waals surface area contributed by atoms with E-state index in [1.807, 2.05) is 22.5 Å². The van der Waals surface area contributed by atoms with E-state index in [0.717, 1.165) is 42.9 Å². The standard InChI is InChI=1S/C16H28N6O/c1-5-20(6-2)11-9-17-15(23)8-10-22-16-13(4)19-21(7-3)14(16)12-18-22/h12H,5-11H2,1-4H3,(H,17,23). The van der Waals surface area contributed by atoms with E-state index in [1.54, 1.807) is 0 Å². The topological polar surface area (TPSA) is 68.0 Å². The molecule has 0 aliphatic carbocycles. The number of fused-ring (bicyclic) bond motifs is 1. The van der Waals surface area contributed by atoms with Crippen LogP contribution in [-0.4, -0.2) is 56.5 Å². The average Bonchev–Trinajstić information content (AvgIpc) is 3.11. The molecule has 0 fully saturated rings. The molecule has 0 aliphatic rings. The maximum atomic E-state index is 12.0. The highest BCUT2D eigenvalue weighted by Crippen LogP contribution is 2.17. The minimum Gasteiger partial charge on any atom is -0.355 e. The van der Waals surface area contributed by atoms with Crippen LogP contribution in [0.5, 0.6) is 0 Å². The van der Waals surface area contributed by atoms with Gasteiger partial charge in [-0.15, -0.1) is 0 Å². The quantitative estimate of drug-likeness (QED) is 0.758. The van der Waals surface area contributed by atoms with Crippen molar-refractivity contribution in [1.29, 1.82) is 0 Å². The molecule has 0 spiro atoms. The van der Waals surface area contributed by atoms with Crippen molar-refractivity contribution in [3.8, 4) is 0 Å². The summed E-state index contributed by atoms with van der Waals surface area (Å²) >= 11 is 0. The van der Waals surface area contributed by atoms with Crippen LogP contribution < -0.4 is 5.32 Å². The van der Waals surface area contributed by atoms with E-state index in [4.69, 9.17) is 0 Å². The average molecular weight is 320 g/mol. The van der Waals surface area contributed by atoms with Crippen LogP contribution >= 0.6 is 0 Å². The molecule has 7 heteroatoms. The zero-order valence-corrected chi connectivity index (χ0v) is 14.7. The normalized spacial score (nSPS) is 11.5. The number of rotatable bonds is 9. The SMILES string of the molecule is CCN(CC)CCNC(=O)CCn1ncc2c1c(C)nn2CC. The van der Waals surface area contributed by atoms with Crippen molar-refractivity contribution in [2.24, 2.45) is 0 Å². The number of hydrogen-bond acceptors (Lipinski definition) is 4. The minimum atomic E-state index is 0.0707. The number of likely N-dealkylation sites (N-methyl/N-ethyl adjacent to an activating group) is 1. The van der Waals surface area contributed by atoms with Gasteiger partial charge in [0.25, 0.3) is 0 Å². The smallest absolute Gasteiger partial charge is 0.221 e. The van der Waals surface area contributed by atoms with Crippen LogP contribution in [0, 0.1) is 6.92 Å². The summed E-state index contributed by atoms with van der Waals surface area (Å²) in [5, 5.41) is 11.9. The Labute approximate surface area is 137 Å². The molecule has 1 amide bonds. The molecule has 0 atom stereocenters. The first-order chi connectivity index (χ1) is 11.1. The van der Waals surface area contributed by atoms with Gasteiger partial charge in [0.05, 0.1) is 18.4 Å². The second-order valence-corrected chi connectivity index (χ2v) is 5.63. The summed E-state index contributed by atoms with van der Waals surface area (Å²) in [6, 6.07) is 0. The van der Waals surface area contributed by atoms with Crippen LogP contribution in [0.2, 0.25) is 0 Å². The zero-order valence-electron chi connectivity index (χ0n) is 14.7. The second-order valence-electron chi connectivity index (χ2n) is 5.63. The summed E-state index contributed by atoms with van der Waals surface area (Å²) in [5.74, 6) is 0.0707. The lowest BCUT2D eigenvalue weighted by atomic mass is 10.3. The predicted molar refractivity (Wildman–Crippen MR) is 91.3 cm³/mol. The third-order valence-corrected chi connectivity index (χ3v) is 4.21. The van der Waals surface area contributed by atoms with Gasteiger partial charge in [-0.05, 0) is 26.9 Å². The van der Waals surface area contributed by atoms with Crippen LogP contribution in [0.3, 0.4) is 0 Å². The van der Waals surface area contributed by atoms with Gasteiger partial charge in [0.1, 0.15) is 11.0 Å². The van der Waals surface area contributed by atoms with Gasteiger partial charge >= 0.3 is 0 Å². The Hall–Kier alpha value is -1.89. The van der Waals surface area contributed by atoms with Crippen molar-refractivity contribution in [3.63, 3.8) is 0 Å². The third kappa shape index (κ3) is 4.10. The Morgan fingerprint density at radius 3 is 2.65 bits per heavy atom. The maximum absolute atomic E-state index is 12.0. The Bertz CT molecular complexity index is 640. The Morgan fingerprint density at radius 1 is 1.26 bits per heavy atom. The van der Waals surface area contributed by atoms with Crippen molar-refractivity contribution in [1.82, 2.24) is 29.8 Å². The predicted octanol–water partition coefficient (Wildman–Crippen LogP) is 1.41. The second kappa shape index (κ2) is 8.10. The molecule has 1 N–H and O–H groups in total. The highest BCUT2D eigenvalue weighted by atomic mass is 16.1. The van der Waals surface area contributed by atoms with E-state index < -0.39 is 0 Å². The lowest BCUT2D eigenvalue weighted by Gasteiger charge is -2.17. The van der Waals surface area contributed by atoms with Crippen molar-refractivity contribution < 1.29 is 4.79 Å². The summed E-state index contributed by atoms with van der Waals surface area (Å²) < 4.78 is 3.83. The fourth-order valence-electron chi connectivity index (χ4n) is 2.82. The first kappa shape index (κ1) is 17.5. The maximum Gasteiger partial charge on any atom is 0.221 e. The van der Waals surface area contributed by atoms with Gasteiger partial charge in [0.2, 0.25) is 5.91 Å². The Kier molecular flexibility index (Phi) is 6.15. The fraction of sp³-hybridized carbons (Fsp3) is 0.688. The fourth-order valence-corrected chi connectivity index (χ4v) is 2.82. The van der Waals surface area contributed by atoms with Crippen LogP contribution in [-0.2, 0) is 17.9 Å². The molecular formula is C16H28N6O. The number of aryl methyl sites for hydroxylation is 3. The summed E-state index contributed by atoms with van der Waals surface area (Å²) in [6.07, 6.45) is 2.27. The molecule has 0 aromatic carbocycles. The van der Waals surface area contributed by atoms with Gasteiger partial charge in [-0.1, -0.05) is 13.8 Å². The largest absolute Gasteiger partial charge is 0.355 e. The summed E-state index contributed by atoms with van der Waals surface area (Å²) in [5.41, 5.74) is 3.02. The summed E-state index contributed by atoms with van der Waals surface area (Å²) in [4.78, 5) is 14.3. The van der Waals surface area contributed by atoms with Gasteiger partial charge < -0.3 is 10.2 Å². The number of nitrogens with zero attached hydrogens (tertiary/aromatic N) is 5. The molecule has 0 saturated heterocycles. The van der Waals surface area contributed by atoms with Gasteiger partial charge in [0, 0.05) is 26.1 Å². The van der Waals surface area contributed by atoms with E-state index in [2.05, 4.69) is 41.2 Å². The van der Waals surface area contributed by atoms with E-state index in [-0.39, 0.29) is 5.91 Å². The highest BCUT2D eigenvalue weighted by molar-refractivity contribution is 5.78. The van der Waals surface area contributed by atoms with Crippen LogP contribution in [0.1, 0.15) is 32.9 Å². The Balaban J connectivity index is 1.86. The van der Waals surface area contributed by atoms with Crippen molar-refractivity contribution in [2.75, 3.05) is 26.2 Å². The van der Waals surface area contributed by atoms with Crippen molar-refractivity contribution >= 4 is 16.9 Å². The molecule has 2 rings (SSSR count). The van der Waals surface area contributed by atoms with Crippen LogP contribution in [0.4, 0.5) is 0 Å². The summed E-state index contributed by atoms with van der Waals surface area (Å²) in [6.45, 7) is 13.3. The summed E-state index contributed by atoms with van der Waals surface area (Å²) in [7, 11) is 0. The van der Waals surface area contributed by atoms with Crippen molar-refractivity contribution in [3.05, 3.63) is 11.9 Å². The molecule has 2 aromatic heterocycles. The monoisotopic (exact) mass is 320 g/mol. The number of nitrogens with one attached hydrogen (secondary N) is 1. The molecule has 0 aliphatic heterocycles. The molecule has 0 saturated carbocycles. The number of carbonyl (C=O) groups excluding carboxylic acids is 1. The highest BCUT2D eigenvalue weighted by Gasteiger charge is 2.13. The van der Waals surface area contributed by atoms with Gasteiger partial charge in [-0.3, -0.25) is 14.2 Å². The van der Waals surface area contributed by atoms with E-state index in [0.29, 0.717) is 19.5 Å². The van der Waals surface area contributed by atoms with Crippen LogP contribution in [0.25, 0.3) is 11.0 Å². The molecule has 23 heavy (non-hydrogen) atoms. The Morgan fingerprint density at radius 2 is 2.00 bits per heavy atom. The molecule has 7 nitrogen and oxygen atoms in total. The molecule has 0 bridgehead atoms. The minimum absolute atomic E-state index is 0.0707. The van der Waals surface area contributed by atoms with E-state index in [9.17, 15) is 4.79 Å². The molecule has 0 radical (unpaired) electrons. The van der Waals surface area contributed by atoms with Crippen molar-refractivity contribution in [2.45, 2.75) is 47.2 Å². The number of carbonyl (C=O) groups is 1. The molecule has 2 heterocycles. The van der Waals surface area contributed by atoms with Gasteiger partial charge in [0.15, 0.2) is 0 Å². The van der Waals surface area contributed by atoms with Gasteiger partial charge in [-0.25, -0.2) is 0 Å². The van der Waals surface area contributed by atoms with Crippen LogP contribution in [0.15, 0.2) is 6.20 Å². The zero-order chi connectivity index (χ0) is 16.8. The van der Waals surface area contributed by atoms with E-state index >= 15 is 0 Å². The number of hydrogen-bond donors (Lipinski definition) is 1. The number of aromatic nitrogens is 4. The van der Waals surface area contributed by atoms with Gasteiger partial charge in [-0.2, -0.15) is 10.2 Å². The molecule has 2 aromatic rings. The molecule has 0 unspecified atom stereocenters. The molecular weight excluding hydrogens is 292 g/mol. The third-order valence-electron chi connectivity index (χ3n) is 4.21. The lowest BCUT2D eigenvalue weighted by molar-refractivity contribution is -0.121. The number of amides is 1. The molecule has 128 valence electrons. The lowest BCUT2D eigenvalue weighted by Crippen LogP contribution is -2.35.